The van der Waals surface area contributed by atoms with Gasteiger partial charge in [-0.3, -0.25) is 24.3 Å². The summed E-state index contributed by atoms with van der Waals surface area (Å²) < 4.78 is 14.6. The molecule has 3 heterocycles. The maximum atomic E-state index is 12.5. The molecule has 0 saturated heterocycles. The zero-order valence-electron chi connectivity index (χ0n) is 18.1. The molecule has 0 atom stereocenters. The highest BCUT2D eigenvalue weighted by Gasteiger charge is 2.17. The Labute approximate surface area is 188 Å². The van der Waals surface area contributed by atoms with Crippen molar-refractivity contribution in [2.24, 2.45) is 0 Å². The normalized spacial score (nSPS) is 10.8. The van der Waals surface area contributed by atoms with E-state index in [4.69, 9.17) is 9.15 Å². The summed E-state index contributed by atoms with van der Waals surface area (Å²) in [7, 11) is 0. The highest BCUT2D eigenvalue weighted by Crippen LogP contribution is 2.28. The molecule has 0 unspecified atom stereocenters. The molecule has 1 amide bonds. The molecule has 4 rings (SSSR count). The number of aromatic nitrogens is 4. The number of furan rings is 1. The minimum Gasteiger partial charge on any atom is -0.479 e. The summed E-state index contributed by atoms with van der Waals surface area (Å²) in [6.45, 7) is 5.04. The van der Waals surface area contributed by atoms with Gasteiger partial charge in [-0.2, -0.15) is 10.2 Å². The Morgan fingerprint density at radius 3 is 2.76 bits per heavy atom. The van der Waals surface area contributed by atoms with Crippen LogP contribution in [0.5, 0.6) is 5.75 Å². The quantitative estimate of drug-likeness (QED) is 0.303. The Morgan fingerprint density at radius 2 is 2.00 bits per heavy atom. The van der Waals surface area contributed by atoms with Gasteiger partial charge < -0.3 is 14.5 Å². The zero-order chi connectivity index (χ0) is 23.4. The molecule has 0 radical (unpaired) electrons. The summed E-state index contributed by atoms with van der Waals surface area (Å²) in [5.74, 6) is 0.133. The zero-order valence-corrected chi connectivity index (χ0v) is 18.1. The average Bonchev–Trinajstić information content (AvgIpc) is 3.54. The number of carbonyl (C=O) groups is 1. The molecule has 4 aromatic rings. The first-order chi connectivity index (χ1) is 15.9. The van der Waals surface area contributed by atoms with Gasteiger partial charge >= 0.3 is 5.69 Å². The molecule has 1 aromatic carbocycles. The fourth-order valence-electron chi connectivity index (χ4n) is 3.17. The number of nitrogens with zero attached hydrogens (tertiary/aromatic N) is 5. The summed E-state index contributed by atoms with van der Waals surface area (Å²) >= 11 is 0. The Hall–Kier alpha value is -4.41. The fraction of sp³-hybridized carbons (Fsp3) is 0.227. The third-order valence-electron chi connectivity index (χ3n) is 4.81. The van der Waals surface area contributed by atoms with E-state index in [1.807, 2.05) is 17.8 Å². The van der Waals surface area contributed by atoms with Gasteiger partial charge in [-0.15, -0.1) is 0 Å². The summed E-state index contributed by atoms with van der Waals surface area (Å²) in [6, 6.07) is 7.80. The number of nitro groups is 1. The van der Waals surface area contributed by atoms with Gasteiger partial charge in [-0.1, -0.05) is 6.07 Å². The summed E-state index contributed by atoms with van der Waals surface area (Å²) in [4.78, 5) is 23.2. The van der Waals surface area contributed by atoms with Gasteiger partial charge in [0.2, 0.25) is 0 Å². The molecule has 0 aliphatic rings. The molecule has 0 aliphatic heterocycles. The lowest BCUT2D eigenvalue weighted by atomic mass is 10.2. The summed E-state index contributed by atoms with van der Waals surface area (Å²) in [5.41, 5.74) is 2.15. The van der Waals surface area contributed by atoms with Crippen molar-refractivity contribution >= 4 is 17.3 Å². The predicted molar refractivity (Wildman–Crippen MR) is 118 cm³/mol. The Kier molecular flexibility index (Phi) is 6.20. The number of nitro benzene ring substituents is 1. The summed E-state index contributed by atoms with van der Waals surface area (Å²) in [5, 5.41) is 22.4. The van der Waals surface area contributed by atoms with Crippen molar-refractivity contribution in [1.29, 1.82) is 0 Å². The van der Waals surface area contributed by atoms with E-state index in [1.54, 1.807) is 42.3 Å². The lowest BCUT2D eigenvalue weighted by molar-refractivity contribution is -0.386. The minimum atomic E-state index is -0.501. The van der Waals surface area contributed by atoms with E-state index in [0.717, 1.165) is 17.7 Å². The van der Waals surface area contributed by atoms with E-state index < -0.39 is 10.8 Å². The second-order valence-corrected chi connectivity index (χ2v) is 7.37. The number of ether oxygens (including phenoxy) is 1. The molecule has 33 heavy (non-hydrogen) atoms. The molecule has 0 fully saturated rings. The lowest BCUT2D eigenvalue weighted by Gasteiger charge is -2.05. The third-order valence-corrected chi connectivity index (χ3v) is 4.81. The van der Waals surface area contributed by atoms with Gasteiger partial charge in [0.15, 0.2) is 11.5 Å². The van der Waals surface area contributed by atoms with Crippen LogP contribution in [0.4, 0.5) is 11.4 Å². The Bertz CT molecular complexity index is 1290. The number of carbonyl (C=O) groups excluding carboxylic acids is 1. The monoisotopic (exact) mass is 450 g/mol. The molecule has 0 aliphatic carbocycles. The maximum absolute atomic E-state index is 12.5. The first kappa shape index (κ1) is 21.8. The lowest BCUT2D eigenvalue weighted by Crippen LogP contribution is -2.10. The number of amides is 1. The molecule has 1 N–H and O–H groups in total. The summed E-state index contributed by atoms with van der Waals surface area (Å²) in [6.07, 6.45) is 6.98. The van der Waals surface area contributed by atoms with E-state index >= 15 is 0 Å². The van der Waals surface area contributed by atoms with Crippen LogP contribution < -0.4 is 10.1 Å². The molecule has 0 saturated carbocycles. The van der Waals surface area contributed by atoms with Gasteiger partial charge in [0.1, 0.15) is 12.4 Å². The highest BCUT2D eigenvalue weighted by atomic mass is 16.6. The molecule has 11 heteroatoms. The van der Waals surface area contributed by atoms with Crippen molar-refractivity contribution in [3.63, 3.8) is 0 Å². The fourth-order valence-corrected chi connectivity index (χ4v) is 3.17. The topological polar surface area (TPSA) is 130 Å². The van der Waals surface area contributed by atoms with E-state index in [2.05, 4.69) is 15.5 Å². The van der Waals surface area contributed by atoms with Crippen LogP contribution in [0.15, 0.2) is 59.5 Å². The smallest absolute Gasteiger partial charge is 0.311 e. The van der Waals surface area contributed by atoms with Gasteiger partial charge in [0, 0.05) is 30.6 Å². The molecule has 11 nitrogen and oxygen atoms in total. The van der Waals surface area contributed by atoms with Crippen LogP contribution in [-0.4, -0.2) is 30.4 Å². The number of rotatable bonds is 9. The standard InChI is InChI=1S/C22H22N6O5/c1-3-26-11-16(9-23-26)12-27-13-17(10-24-27)25-22(29)21-7-5-18(33-21)14-32-20-6-4-15(2)8-19(20)28(30)31/h4-11,13H,3,12,14H2,1-2H3,(H,25,29). The van der Waals surface area contributed by atoms with Crippen LogP contribution in [0.2, 0.25) is 0 Å². The number of hydrogen-bond donors (Lipinski definition) is 1. The molecule has 0 spiro atoms. The van der Waals surface area contributed by atoms with Crippen molar-refractivity contribution in [2.45, 2.75) is 33.5 Å². The molecular formula is C22H22N6O5. The molecule has 3 aromatic heterocycles. The van der Waals surface area contributed by atoms with Gasteiger partial charge in [-0.05, 0) is 37.6 Å². The van der Waals surface area contributed by atoms with Gasteiger partial charge in [0.05, 0.1) is 29.5 Å². The third kappa shape index (κ3) is 5.26. The number of aryl methyl sites for hydroxylation is 2. The van der Waals surface area contributed by atoms with Crippen LogP contribution in [0.1, 0.15) is 34.4 Å². The van der Waals surface area contributed by atoms with Crippen molar-refractivity contribution in [2.75, 3.05) is 5.32 Å². The maximum Gasteiger partial charge on any atom is 0.311 e. The van der Waals surface area contributed by atoms with E-state index in [1.165, 1.54) is 18.2 Å². The van der Waals surface area contributed by atoms with Crippen LogP contribution in [0.25, 0.3) is 0 Å². The van der Waals surface area contributed by atoms with Crippen LogP contribution in [0, 0.1) is 17.0 Å². The van der Waals surface area contributed by atoms with Crippen LogP contribution in [0.3, 0.4) is 0 Å². The van der Waals surface area contributed by atoms with Crippen LogP contribution in [-0.2, 0) is 19.7 Å². The average molecular weight is 450 g/mol. The first-order valence-corrected chi connectivity index (χ1v) is 10.2. The van der Waals surface area contributed by atoms with Crippen molar-refractivity contribution < 1.29 is 18.9 Å². The Balaban J connectivity index is 1.35. The molecule has 0 bridgehead atoms. The molecular weight excluding hydrogens is 428 g/mol. The number of hydrogen-bond acceptors (Lipinski definition) is 7. The second-order valence-electron chi connectivity index (χ2n) is 7.37. The number of nitrogens with one attached hydrogen (secondary N) is 1. The van der Waals surface area contributed by atoms with Crippen molar-refractivity contribution in [3.8, 4) is 5.75 Å². The van der Waals surface area contributed by atoms with E-state index in [9.17, 15) is 14.9 Å². The first-order valence-electron chi connectivity index (χ1n) is 10.2. The minimum absolute atomic E-state index is 0.0550. The second kappa shape index (κ2) is 9.39. The van der Waals surface area contributed by atoms with Crippen molar-refractivity contribution in [1.82, 2.24) is 19.6 Å². The largest absolute Gasteiger partial charge is 0.479 e. The van der Waals surface area contributed by atoms with Crippen molar-refractivity contribution in [3.05, 3.63) is 87.9 Å². The van der Waals surface area contributed by atoms with E-state index in [-0.39, 0.29) is 23.8 Å². The number of benzene rings is 1. The van der Waals surface area contributed by atoms with E-state index in [0.29, 0.717) is 18.0 Å². The molecule has 170 valence electrons. The Morgan fingerprint density at radius 1 is 1.18 bits per heavy atom. The highest BCUT2D eigenvalue weighted by molar-refractivity contribution is 6.02. The predicted octanol–water partition coefficient (Wildman–Crippen LogP) is 3.79. The number of anilines is 1. The van der Waals surface area contributed by atoms with Crippen LogP contribution >= 0.6 is 0 Å². The SMILES string of the molecule is CCn1cc(Cn2cc(NC(=O)c3ccc(COc4ccc(C)cc4[N+](=O)[O-])o3)cn2)cn1. The van der Waals surface area contributed by atoms with Gasteiger partial charge in [0.25, 0.3) is 5.91 Å². The van der Waals surface area contributed by atoms with Gasteiger partial charge in [-0.25, -0.2) is 0 Å².